The van der Waals surface area contributed by atoms with Crippen molar-refractivity contribution in [1.29, 1.82) is 0 Å². The van der Waals surface area contributed by atoms with Gasteiger partial charge in [0.2, 0.25) is 0 Å². The molecule has 0 radical (unpaired) electrons. The van der Waals surface area contributed by atoms with E-state index in [0.717, 1.165) is 25.7 Å². The Morgan fingerprint density at radius 1 is 1.00 bits per heavy atom. The average Bonchev–Trinajstić information content (AvgIpc) is 2.39. The Morgan fingerprint density at radius 2 is 1.44 bits per heavy atom. The van der Waals surface area contributed by atoms with E-state index in [1.54, 1.807) is 8.61 Å². The summed E-state index contributed by atoms with van der Waals surface area (Å²) in [6, 6.07) is 0. The van der Waals surface area contributed by atoms with Crippen molar-refractivity contribution in [2.75, 3.05) is 32.8 Å². The van der Waals surface area contributed by atoms with Crippen LogP contribution in [-0.4, -0.2) is 54.9 Å². The van der Waals surface area contributed by atoms with Gasteiger partial charge >= 0.3 is 0 Å². The maximum absolute atomic E-state index is 12.4. The fraction of sp³-hybridized carbons (Fsp3) is 1.00. The molecule has 18 heavy (non-hydrogen) atoms. The Kier molecular flexibility index (Phi) is 4.64. The zero-order valence-electron chi connectivity index (χ0n) is 11.1. The van der Waals surface area contributed by atoms with Gasteiger partial charge in [0.05, 0.1) is 0 Å². The van der Waals surface area contributed by atoms with E-state index in [1.807, 2.05) is 0 Å². The normalized spacial score (nSPS) is 26.6. The average molecular weight is 276 g/mol. The fourth-order valence-corrected chi connectivity index (χ4v) is 4.37. The molecule has 0 spiro atoms. The van der Waals surface area contributed by atoms with Gasteiger partial charge in [-0.15, -0.1) is 0 Å². The number of piperidine rings is 2. The van der Waals surface area contributed by atoms with Crippen molar-refractivity contribution in [3.63, 3.8) is 0 Å². The smallest absolute Gasteiger partial charge is 0.281 e. The minimum Gasteiger partial charge on any atom is -0.396 e. The van der Waals surface area contributed by atoms with Crippen molar-refractivity contribution in [3.05, 3.63) is 0 Å². The summed E-state index contributed by atoms with van der Waals surface area (Å²) < 4.78 is 28.1. The molecule has 106 valence electrons. The summed E-state index contributed by atoms with van der Waals surface area (Å²) in [6.07, 6.45) is 3.48. The first kappa shape index (κ1) is 14.2. The highest BCUT2D eigenvalue weighted by Crippen LogP contribution is 2.24. The van der Waals surface area contributed by atoms with Crippen LogP contribution >= 0.6 is 0 Å². The van der Waals surface area contributed by atoms with Crippen LogP contribution in [0.25, 0.3) is 0 Å². The number of rotatable bonds is 3. The zero-order valence-corrected chi connectivity index (χ0v) is 11.9. The number of nitrogens with zero attached hydrogens (tertiary/aromatic N) is 2. The van der Waals surface area contributed by atoms with Gasteiger partial charge in [-0.05, 0) is 37.5 Å². The molecule has 1 N–H and O–H groups in total. The Morgan fingerprint density at radius 3 is 1.89 bits per heavy atom. The first-order valence-corrected chi connectivity index (χ1v) is 8.30. The summed E-state index contributed by atoms with van der Waals surface area (Å²) in [7, 11) is -3.26. The van der Waals surface area contributed by atoms with Crippen molar-refractivity contribution in [3.8, 4) is 0 Å². The van der Waals surface area contributed by atoms with Gasteiger partial charge in [-0.3, -0.25) is 0 Å². The monoisotopic (exact) mass is 276 g/mol. The van der Waals surface area contributed by atoms with Crippen molar-refractivity contribution < 1.29 is 13.5 Å². The van der Waals surface area contributed by atoms with E-state index in [0.29, 0.717) is 32.1 Å². The van der Waals surface area contributed by atoms with Gasteiger partial charge in [-0.25, -0.2) is 0 Å². The highest BCUT2D eigenvalue weighted by molar-refractivity contribution is 7.86. The summed E-state index contributed by atoms with van der Waals surface area (Å²) in [4.78, 5) is 0. The number of aliphatic hydroxyl groups excluding tert-OH is 1. The predicted octanol–water partition coefficient (Wildman–Crippen LogP) is 0.667. The standard InChI is InChI=1S/C12H24N2O3S/c1-11-2-6-13(7-3-11)18(16,17)14-8-4-12(10-15)5-9-14/h11-12,15H,2-10H2,1H3. The number of aliphatic hydroxyl groups is 1. The van der Waals surface area contributed by atoms with Crippen LogP contribution in [0.15, 0.2) is 0 Å². The molecule has 0 aromatic heterocycles. The third-order valence-electron chi connectivity index (χ3n) is 4.23. The molecule has 2 heterocycles. The summed E-state index contributed by atoms with van der Waals surface area (Å²) in [5.74, 6) is 0.911. The van der Waals surface area contributed by atoms with Crippen molar-refractivity contribution in [2.24, 2.45) is 11.8 Å². The van der Waals surface area contributed by atoms with E-state index in [-0.39, 0.29) is 12.5 Å². The van der Waals surface area contributed by atoms with Gasteiger partial charge in [0, 0.05) is 32.8 Å². The van der Waals surface area contributed by atoms with Crippen LogP contribution in [0, 0.1) is 11.8 Å². The van der Waals surface area contributed by atoms with E-state index >= 15 is 0 Å². The van der Waals surface area contributed by atoms with Crippen LogP contribution in [0.2, 0.25) is 0 Å². The second-order valence-electron chi connectivity index (χ2n) is 5.61. The van der Waals surface area contributed by atoms with Gasteiger partial charge in [-0.2, -0.15) is 17.0 Å². The van der Waals surface area contributed by atoms with Crippen LogP contribution < -0.4 is 0 Å². The van der Waals surface area contributed by atoms with Gasteiger partial charge in [0.15, 0.2) is 0 Å². The first-order valence-electron chi connectivity index (χ1n) is 6.90. The minimum absolute atomic E-state index is 0.176. The van der Waals surface area contributed by atoms with Crippen LogP contribution in [0.3, 0.4) is 0 Å². The maximum Gasteiger partial charge on any atom is 0.281 e. The Hall–Kier alpha value is -0.170. The molecule has 2 fully saturated rings. The van der Waals surface area contributed by atoms with Crippen LogP contribution in [0.1, 0.15) is 32.6 Å². The Bertz CT molecular complexity index is 356. The number of hydrogen-bond acceptors (Lipinski definition) is 3. The molecule has 2 aliphatic heterocycles. The lowest BCUT2D eigenvalue weighted by atomic mass is 10.00. The van der Waals surface area contributed by atoms with Gasteiger partial charge < -0.3 is 5.11 Å². The molecule has 2 aliphatic rings. The number of hydrogen-bond donors (Lipinski definition) is 1. The topological polar surface area (TPSA) is 60.9 Å². The van der Waals surface area contributed by atoms with Gasteiger partial charge in [-0.1, -0.05) is 6.92 Å². The second kappa shape index (κ2) is 5.86. The molecule has 0 aromatic carbocycles. The molecule has 2 saturated heterocycles. The molecule has 0 unspecified atom stereocenters. The lowest BCUT2D eigenvalue weighted by molar-refractivity contribution is 0.163. The fourth-order valence-electron chi connectivity index (χ4n) is 2.70. The van der Waals surface area contributed by atoms with Crippen LogP contribution in [0.4, 0.5) is 0 Å². The largest absolute Gasteiger partial charge is 0.396 e. The molecule has 2 rings (SSSR count). The highest BCUT2D eigenvalue weighted by atomic mass is 32.2. The lowest BCUT2D eigenvalue weighted by Gasteiger charge is -2.36. The van der Waals surface area contributed by atoms with E-state index < -0.39 is 10.2 Å². The molecular weight excluding hydrogens is 252 g/mol. The molecule has 6 heteroatoms. The van der Waals surface area contributed by atoms with Gasteiger partial charge in [0.1, 0.15) is 0 Å². The predicted molar refractivity (Wildman–Crippen MR) is 70.3 cm³/mol. The summed E-state index contributed by atoms with van der Waals surface area (Å²) >= 11 is 0. The third-order valence-corrected chi connectivity index (χ3v) is 6.26. The van der Waals surface area contributed by atoms with Crippen LogP contribution in [0.5, 0.6) is 0 Å². The summed E-state index contributed by atoms with van der Waals surface area (Å²) in [5, 5.41) is 9.08. The van der Waals surface area contributed by atoms with E-state index in [2.05, 4.69) is 6.92 Å². The highest BCUT2D eigenvalue weighted by Gasteiger charge is 2.34. The summed E-state index contributed by atoms with van der Waals surface area (Å²) in [5.41, 5.74) is 0. The van der Waals surface area contributed by atoms with Crippen LogP contribution in [-0.2, 0) is 10.2 Å². The van der Waals surface area contributed by atoms with E-state index in [4.69, 9.17) is 5.11 Å². The molecule has 5 nitrogen and oxygen atoms in total. The molecule has 0 bridgehead atoms. The third kappa shape index (κ3) is 3.04. The van der Waals surface area contributed by atoms with E-state index in [1.165, 1.54) is 0 Å². The molecule has 0 aromatic rings. The first-order chi connectivity index (χ1) is 8.54. The molecule has 0 aliphatic carbocycles. The lowest BCUT2D eigenvalue weighted by Crippen LogP contribution is -2.49. The molecule has 0 saturated carbocycles. The molecular formula is C12H24N2O3S. The maximum atomic E-state index is 12.4. The molecule has 0 atom stereocenters. The van der Waals surface area contributed by atoms with Crippen molar-refractivity contribution in [1.82, 2.24) is 8.61 Å². The SMILES string of the molecule is CC1CCN(S(=O)(=O)N2CCC(CO)CC2)CC1. The quantitative estimate of drug-likeness (QED) is 0.824. The Labute approximate surface area is 110 Å². The van der Waals surface area contributed by atoms with Crippen molar-refractivity contribution >= 4 is 10.2 Å². The minimum atomic E-state index is -3.26. The Balaban J connectivity index is 1.95. The summed E-state index contributed by atoms with van der Waals surface area (Å²) in [6.45, 7) is 4.78. The second-order valence-corrected chi connectivity index (χ2v) is 7.54. The van der Waals surface area contributed by atoms with E-state index in [9.17, 15) is 8.42 Å². The van der Waals surface area contributed by atoms with Gasteiger partial charge in [0.25, 0.3) is 10.2 Å². The zero-order chi connectivity index (χ0) is 13.2. The molecule has 0 amide bonds. The van der Waals surface area contributed by atoms with Crippen molar-refractivity contribution in [2.45, 2.75) is 32.6 Å².